The van der Waals surface area contributed by atoms with Crippen LogP contribution in [0.25, 0.3) is 5.69 Å². The van der Waals surface area contributed by atoms with Crippen LogP contribution in [0.1, 0.15) is 18.4 Å². The maximum atomic E-state index is 12.6. The average molecular weight is 368 g/mol. The van der Waals surface area contributed by atoms with E-state index >= 15 is 0 Å². The number of nitrogens with zero attached hydrogens (tertiary/aromatic N) is 5. The number of aromatic nitrogens is 4. The van der Waals surface area contributed by atoms with Crippen molar-refractivity contribution >= 4 is 11.6 Å². The van der Waals surface area contributed by atoms with Crippen LogP contribution in [0, 0.1) is 12.8 Å². The van der Waals surface area contributed by atoms with Crippen LogP contribution in [-0.4, -0.2) is 56.8 Å². The number of nitrogens with one attached hydrogen (secondary N) is 1. The maximum Gasteiger partial charge on any atom is 0.401 e. The highest BCUT2D eigenvalue weighted by Gasteiger charge is 2.34. The Hall–Kier alpha value is -2.49. The number of alkyl halides is 3. The van der Waals surface area contributed by atoms with E-state index in [9.17, 15) is 18.0 Å². The van der Waals surface area contributed by atoms with Crippen molar-refractivity contribution in [3.05, 3.63) is 30.1 Å². The Morgan fingerprint density at radius 1 is 1.38 bits per heavy atom. The second-order valence-corrected chi connectivity index (χ2v) is 6.43. The number of likely N-dealkylation sites (tertiary alicyclic amines) is 1. The molecule has 26 heavy (non-hydrogen) atoms. The minimum atomic E-state index is -4.25. The molecule has 1 aromatic heterocycles. The molecule has 0 bridgehead atoms. The summed E-state index contributed by atoms with van der Waals surface area (Å²) in [5.74, 6) is -0.743. The number of piperidine rings is 1. The van der Waals surface area contributed by atoms with E-state index in [1.807, 2.05) is 13.0 Å². The molecule has 7 nitrogen and oxygen atoms in total. The molecule has 0 aliphatic carbocycles. The fraction of sp³-hybridized carbons (Fsp3) is 0.500. The van der Waals surface area contributed by atoms with Gasteiger partial charge in [-0.1, -0.05) is 6.07 Å². The van der Waals surface area contributed by atoms with Gasteiger partial charge in [-0.3, -0.25) is 9.69 Å². The summed E-state index contributed by atoms with van der Waals surface area (Å²) in [7, 11) is 0. The molecule has 1 aliphatic rings. The van der Waals surface area contributed by atoms with E-state index in [-0.39, 0.29) is 12.5 Å². The molecule has 0 spiro atoms. The molecule has 1 atom stereocenters. The van der Waals surface area contributed by atoms with Gasteiger partial charge < -0.3 is 5.32 Å². The highest BCUT2D eigenvalue weighted by Crippen LogP contribution is 2.24. The largest absolute Gasteiger partial charge is 0.401 e. The second kappa shape index (κ2) is 7.40. The predicted octanol–water partition coefficient (Wildman–Crippen LogP) is 2.18. The summed E-state index contributed by atoms with van der Waals surface area (Å²) < 4.78 is 39.2. The summed E-state index contributed by atoms with van der Waals surface area (Å²) in [4.78, 5) is 13.8. The molecule has 3 rings (SSSR count). The van der Waals surface area contributed by atoms with Crippen LogP contribution in [-0.2, 0) is 4.79 Å². The molecule has 1 amide bonds. The van der Waals surface area contributed by atoms with Gasteiger partial charge in [-0.15, -0.1) is 5.10 Å². The van der Waals surface area contributed by atoms with Gasteiger partial charge in [0.1, 0.15) is 6.33 Å². The van der Waals surface area contributed by atoms with Crippen molar-refractivity contribution in [1.82, 2.24) is 25.1 Å². The van der Waals surface area contributed by atoms with Gasteiger partial charge in [0.15, 0.2) is 0 Å². The molecule has 1 N–H and O–H groups in total. The van der Waals surface area contributed by atoms with Crippen molar-refractivity contribution in [2.45, 2.75) is 25.9 Å². The van der Waals surface area contributed by atoms with Crippen LogP contribution >= 0.6 is 0 Å². The van der Waals surface area contributed by atoms with E-state index in [0.29, 0.717) is 25.1 Å². The van der Waals surface area contributed by atoms with Gasteiger partial charge in [0, 0.05) is 12.2 Å². The first kappa shape index (κ1) is 18.3. The fourth-order valence-corrected chi connectivity index (χ4v) is 3.12. The Morgan fingerprint density at radius 3 is 2.88 bits per heavy atom. The first-order valence-corrected chi connectivity index (χ1v) is 8.26. The van der Waals surface area contributed by atoms with E-state index in [1.165, 1.54) is 15.9 Å². The number of carbonyl (C=O) groups excluding carboxylic acids is 1. The van der Waals surface area contributed by atoms with Crippen molar-refractivity contribution in [3.63, 3.8) is 0 Å². The lowest BCUT2D eigenvalue weighted by Gasteiger charge is -2.32. The predicted molar refractivity (Wildman–Crippen MR) is 87.7 cm³/mol. The van der Waals surface area contributed by atoms with Gasteiger partial charge >= 0.3 is 6.18 Å². The van der Waals surface area contributed by atoms with Gasteiger partial charge in [0.05, 0.1) is 18.2 Å². The zero-order valence-electron chi connectivity index (χ0n) is 14.2. The molecule has 140 valence electrons. The Kier molecular flexibility index (Phi) is 5.21. The zero-order chi connectivity index (χ0) is 18.7. The first-order chi connectivity index (χ1) is 12.3. The van der Waals surface area contributed by atoms with Gasteiger partial charge in [-0.05, 0) is 54.4 Å². The number of tetrazole rings is 1. The minimum Gasteiger partial charge on any atom is -0.326 e. The lowest BCUT2D eigenvalue weighted by atomic mass is 9.97. The van der Waals surface area contributed by atoms with E-state index in [4.69, 9.17) is 0 Å². The van der Waals surface area contributed by atoms with E-state index in [1.54, 1.807) is 12.1 Å². The highest BCUT2D eigenvalue weighted by molar-refractivity contribution is 5.93. The molecule has 1 aromatic carbocycles. The number of anilines is 1. The number of aryl methyl sites for hydroxylation is 1. The van der Waals surface area contributed by atoms with Crippen LogP contribution in [0.15, 0.2) is 24.5 Å². The maximum absolute atomic E-state index is 12.6. The van der Waals surface area contributed by atoms with Crippen LogP contribution in [0.2, 0.25) is 0 Å². The molecule has 1 saturated heterocycles. The van der Waals surface area contributed by atoms with Crippen LogP contribution in [0.3, 0.4) is 0 Å². The van der Waals surface area contributed by atoms with Crippen LogP contribution < -0.4 is 5.32 Å². The molecule has 10 heteroatoms. The van der Waals surface area contributed by atoms with Gasteiger partial charge in [0.2, 0.25) is 5.91 Å². The van der Waals surface area contributed by atoms with E-state index in [2.05, 4.69) is 20.8 Å². The van der Waals surface area contributed by atoms with E-state index in [0.717, 1.165) is 11.3 Å². The van der Waals surface area contributed by atoms with Crippen LogP contribution in [0.5, 0.6) is 0 Å². The van der Waals surface area contributed by atoms with Gasteiger partial charge in [0.25, 0.3) is 0 Å². The van der Waals surface area contributed by atoms with Gasteiger partial charge in [-0.25, -0.2) is 4.68 Å². The average Bonchev–Trinajstić information content (AvgIpc) is 3.09. The van der Waals surface area contributed by atoms with Crippen molar-refractivity contribution in [3.8, 4) is 5.69 Å². The van der Waals surface area contributed by atoms with Crippen LogP contribution in [0.4, 0.5) is 18.9 Å². The molecule has 2 heterocycles. The first-order valence-electron chi connectivity index (χ1n) is 8.26. The summed E-state index contributed by atoms with van der Waals surface area (Å²) in [5, 5.41) is 13.8. The number of halogens is 3. The summed E-state index contributed by atoms with van der Waals surface area (Å²) >= 11 is 0. The van der Waals surface area contributed by atoms with Crippen molar-refractivity contribution < 1.29 is 18.0 Å². The smallest absolute Gasteiger partial charge is 0.326 e. The summed E-state index contributed by atoms with van der Waals surface area (Å²) in [5.41, 5.74) is 2.19. The number of hydrogen-bond donors (Lipinski definition) is 1. The molecule has 0 saturated carbocycles. The number of carbonyl (C=O) groups is 1. The summed E-state index contributed by atoms with van der Waals surface area (Å²) in [6, 6.07) is 5.31. The number of amides is 1. The Balaban J connectivity index is 1.67. The summed E-state index contributed by atoms with van der Waals surface area (Å²) in [6.07, 6.45) is -1.66. The Morgan fingerprint density at radius 2 is 2.19 bits per heavy atom. The SMILES string of the molecule is Cc1ccc(NC(=O)C2CCCN(CC(F)(F)F)C2)cc1-n1cnnn1. The van der Waals surface area contributed by atoms with Crippen molar-refractivity contribution in [1.29, 1.82) is 0 Å². The Labute approximate surface area is 148 Å². The third kappa shape index (κ3) is 4.57. The standard InChI is InChI=1S/C16H19F3N6O/c1-11-4-5-13(7-14(11)25-10-20-22-23-25)21-15(26)12-3-2-6-24(8-12)9-16(17,18)19/h4-5,7,10,12H,2-3,6,8-9H2,1H3,(H,21,26). The third-order valence-electron chi connectivity index (χ3n) is 4.35. The normalized spacial score (nSPS) is 18.7. The Bertz CT molecular complexity index is 762. The third-order valence-corrected chi connectivity index (χ3v) is 4.35. The fourth-order valence-electron chi connectivity index (χ4n) is 3.12. The number of benzene rings is 1. The lowest BCUT2D eigenvalue weighted by molar-refractivity contribution is -0.151. The lowest BCUT2D eigenvalue weighted by Crippen LogP contribution is -2.44. The topological polar surface area (TPSA) is 75.9 Å². The molecular weight excluding hydrogens is 349 g/mol. The minimum absolute atomic E-state index is 0.108. The summed E-state index contributed by atoms with van der Waals surface area (Å²) in [6.45, 7) is 1.37. The molecular formula is C16H19F3N6O. The number of rotatable bonds is 4. The monoisotopic (exact) mass is 368 g/mol. The second-order valence-electron chi connectivity index (χ2n) is 6.43. The quantitative estimate of drug-likeness (QED) is 0.895. The molecule has 1 fully saturated rings. The van der Waals surface area contributed by atoms with Crippen molar-refractivity contribution in [2.75, 3.05) is 25.0 Å². The molecule has 1 unspecified atom stereocenters. The molecule has 1 aliphatic heterocycles. The zero-order valence-corrected chi connectivity index (χ0v) is 14.2. The highest BCUT2D eigenvalue weighted by atomic mass is 19.4. The molecule has 0 radical (unpaired) electrons. The van der Waals surface area contributed by atoms with Crippen molar-refractivity contribution in [2.24, 2.45) is 5.92 Å². The van der Waals surface area contributed by atoms with E-state index < -0.39 is 18.6 Å². The number of hydrogen-bond acceptors (Lipinski definition) is 5. The molecule has 2 aromatic rings. The van der Waals surface area contributed by atoms with Gasteiger partial charge in [-0.2, -0.15) is 13.2 Å².